The number of likely N-dealkylation sites (N-methyl/N-ethyl adjacent to an activating group) is 1. The SMILES string of the molecule is CN1C(N[C@H](CO)Cc2ccccc2)=N[C@H](c2ccccc2)[C@H]1c1ccccc1. The zero-order valence-corrected chi connectivity index (χ0v) is 16.6. The molecule has 3 aromatic carbocycles. The maximum Gasteiger partial charge on any atom is 0.195 e. The van der Waals surface area contributed by atoms with Crippen molar-refractivity contribution in [3.05, 3.63) is 108 Å². The summed E-state index contributed by atoms with van der Waals surface area (Å²) >= 11 is 0. The van der Waals surface area contributed by atoms with Crippen molar-refractivity contribution in [1.82, 2.24) is 10.2 Å². The third-order valence-electron chi connectivity index (χ3n) is 5.47. The lowest BCUT2D eigenvalue weighted by Crippen LogP contribution is -2.45. The number of aliphatic imine (C=N–C) groups is 1. The van der Waals surface area contributed by atoms with Crippen LogP contribution < -0.4 is 5.32 Å². The Morgan fingerprint density at radius 1 is 0.862 bits per heavy atom. The number of aliphatic hydroxyl groups excluding tert-OH is 1. The van der Waals surface area contributed by atoms with Gasteiger partial charge < -0.3 is 15.3 Å². The topological polar surface area (TPSA) is 47.9 Å². The number of nitrogens with one attached hydrogen (secondary N) is 1. The summed E-state index contributed by atoms with van der Waals surface area (Å²) in [6, 6.07) is 31.2. The van der Waals surface area contributed by atoms with Crippen LogP contribution in [0.4, 0.5) is 0 Å². The summed E-state index contributed by atoms with van der Waals surface area (Å²) < 4.78 is 0. The van der Waals surface area contributed by atoms with Gasteiger partial charge in [-0.3, -0.25) is 0 Å². The van der Waals surface area contributed by atoms with Crippen LogP contribution in [0, 0.1) is 0 Å². The van der Waals surface area contributed by atoms with E-state index in [0.717, 1.165) is 12.4 Å². The molecule has 4 nitrogen and oxygen atoms in total. The monoisotopic (exact) mass is 385 g/mol. The number of rotatable bonds is 6. The molecule has 0 fully saturated rings. The van der Waals surface area contributed by atoms with Crippen LogP contribution >= 0.6 is 0 Å². The van der Waals surface area contributed by atoms with Gasteiger partial charge in [-0.05, 0) is 23.1 Å². The number of nitrogens with zero attached hydrogens (tertiary/aromatic N) is 2. The van der Waals surface area contributed by atoms with E-state index in [1.54, 1.807) is 0 Å². The number of benzene rings is 3. The first kappa shape index (κ1) is 19.2. The minimum atomic E-state index is -0.0930. The van der Waals surface area contributed by atoms with E-state index in [1.807, 2.05) is 30.3 Å². The zero-order chi connectivity index (χ0) is 20.1. The van der Waals surface area contributed by atoms with Crippen molar-refractivity contribution in [3.63, 3.8) is 0 Å². The highest BCUT2D eigenvalue weighted by molar-refractivity contribution is 5.83. The molecule has 0 amide bonds. The molecular formula is C25H27N3O. The normalized spacial score (nSPS) is 19.7. The lowest BCUT2D eigenvalue weighted by Gasteiger charge is -2.29. The molecular weight excluding hydrogens is 358 g/mol. The summed E-state index contributed by atoms with van der Waals surface area (Å²) in [6.07, 6.45) is 0.746. The van der Waals surface area contributed by atoms with Crippen LogP contribution in [0.3, 0.4) is 0 Å². The minimum Gasteiger partial charge on any atom is -0.394 e. The van der Waals surface area contributed by atoms with Crippen LogP contribution in [0.1, 0.15) is 28.8 Å². The third kappa shape index (κ3) is 4.33. The number of guanidine groups is 1. The van der Waals surface area contributed by atoms with Crippen LogP contribution in [0.25, 0.3) is 0 Å². The molecule has 0 aromatic heterocycles. The molecule has 0 unspecified atom stereocenters. The standard InChI is InChI=1S/C25H27N3O/c1-28-24(21-15-9-4-10-16-21)23(20-13-7-3-8-14-20)27-25(28)26-22(18-29)17-19-11-5-2-6-12-19/h2-16,22-24,29H,17-18H2,1H3,(H,26,27)/t22-,23+,24+/m0/s1. The molecule has 1 aliphatic rings. The second kappa shape index (κ2) is 8.93. The molecule has 0 bridgehead atoms. The average molecular weight is 386 g/mol. The van der Waals surface area contributed by atoms with E-state index >= 15 is 0 Å². The Kier molecular flexibility index (Phi) is 5.92. The average Bonchev–Trinajstić information content (AvgIpc) is 3.11. The van der Waals surface area contributed by atoms with Gasteiger partial charge in [0.25, 0.3) is 0 Å². The van der Waals surface area contributed by atoms with Gasteiger partial charge in [-0.25, -0.2) is 4.99 Å². The predicted molar refractivity (Wildman–Crippen MR) is 118 cm³/mol. The Labute approximate surface area is 172 Å². The highest BCUT2D eigenvalue weighted by atomic mass is 16.3. The second-order valence-corrected chi connectivity index (χ2v) is 7.49. The van der Waals surface area contributed by atoms with Crippen LogP contribution in [-0.2, 0) is 6.42 Å². The molecule has 2 N–H and O–H groups in total. The van der Waals surface area contributed by atoms with Crippen LogP contribution in [0.15, 0.2) is 96.0 Å². The molecule has 4 rings (SSSR count). The highest BCUT2D eigenvalue weighted by Crippen LogP contribution is 2.40. The predicted octanol–water partition coefficient (Wildman–Crippen LogP) is 3.96. The molecule has 148 valence electrons. The van der Waals surface area contributed by atoms with Gasteiger partial charge in [0.05, 0.1) is 18.7 Å². The minimum absolute atomic E-state index is 0.00201. The summed E-state index contributed by atoms with van der Waals surface area (Å²) in [4.78, 5) is 7.24. The maximum atomic E-state index is 9.96. The fourth-order valence-electron chi connectivity index (χ4n) is 3.98. The van der Waals surface area contributed by atoms with Gasteiger partial charge in [0.1, 0.15) is 6.04 Å². The first-order valence-corrected chi connectivity index (χ1v) is 10.1. The Balaban J connectivity index is 1.60. The van der Waals surface area contributed by atoms with Gasteiger partial charge in [0, 0.05) is 7.05 Å². The van der Waals surface area contributed by atoms with Crippen molar-refractivity contribution >= 4 is 5.96 Å². The summed E-state index contributed by atoms with van der Waals surface area (Å²) in [6.45, 7) is 0.0494. The molecule has 4 heteroatoms. The number of aliphatic hydroxyl groups is 1. The first-order chi connectivity index (χ1) is 14.3. The van der Waals surface area contributed by atoms with Crippen LogP contribution in [-0.4, -0.2) is 35.7 Å². The van der Waals surface area contributed by atoms with Crippen molar-refractivity contribution in [2.75, 3.05) is 13.7 Å². The van der Waals surface area contributed by atoms with Gasteiger partial charge in [-0.15, -0.1) is 0 Å². The Hall–Kier alpha value is -3.11. The first-order valence-electron chi connectivity index (χ1n) is 10.1. The lowest BCUT2D eigenvalue weighted by molar-refractivity contribution is 0.250. The molecule has 1 heterocycles. The second-order valence-electron chi connectivity index (χ2n) is 7.49. The van der Waals surface area contributed by atoms with Crippen molar-refractivity contribution in [2.24, 2.45) is 4.99 Å². The summed E-state index contributed by atoms with van der Waals surface area (Å²) in [5.74, 6) is 0.822. The third-order valence-corrected chi connectivity index (χ3v) is 5.47. The van der Waals surface area contributed by atoms with E-state index < -0.39 is 0 Å². The Morgan fingerprint density at radius 2 is 1.41 bits per heavy atom. The van der Waals surface area contributed by atoms with Crippen LogP contribution in [0.2, 0.25) is 0 Å². The van der Waals surface area contributed by atoms with Crippen LogP contribution in [0.5, 0.6) is 0 Å². The number of hydrogen-bond donors (Lipinski definition) is 2. The summed E-state index contributed by atoms with van der Waals surface area (Å²) in [5, 5.41) is 13.5. The van der Waals surface area contributed by atoms with E-state index in [4.69, 9.17) is 4.99 Å². The maximum absolute atomic E-state index is 9.96. The van der Waals surface area contributed by atoms with Gasteiger partial charge in [0.2, 0.25) is 0 Å². The Bertz CT molecular complexity index is 928. The van der Waals surface area contributed by atoms with E-state index in [9.17, 15) is 5.11 Å². The van der Waals surface area contributed by atoms with Crippen molar-refractivity contribution < 1.29 is 5.11 Å². The molecule has 1 aliphatic heterocycles. The van der Waals surface area contributed by atoms with Gasteiger partial charge in [0.15, 0.2) is 5.96 Å². The zero-order valence-electron chi connectivity index (χ0n) is 16.6. The quantitative estimate of drug-likeness (QED) is 0.675. The summed E-state index contributed by atoms with van der Waals surface area (Å²) in [5.41, 5.74) is 3.61. The van der Waals surface area contributed by atoms with E-state index in [2.05, 4.69) is 77.9 Å². The van der Waals surface area contributed by atoms with Crippen molar-refractivity contribution in [1.29, 1.82) is 0 Å². The molecule has 0 radical (unpaired) electrons. The fraction of sp³-hybridized carbons (Fsp3) is 0.240. The smallest absolute Gasteiger partial charge is 0.195 e. The summed E-state index contributed by atoms with van der Waals surface area (Å²) in [7, 11) is 2.07. The van der Waals surface area contributed by atoms with E-state index in [-0.39, 0.29) is 24.7 Å². The van der Waals surface area contributed by atoms with Crippen molar-refractivity contribution in [3.8, 4) is 0 Å². The molecule has 0 spiro atoms. The van der Waals surface area contributed by atoms with E-state index in [0.29, 0.717) is 0 Å². The molecule has 0 aliphatic carbocycles. The van der Waals surface area contributed by atoms with E-state index in [1.165, 1.54) is 16.7 Å². The molecule has 3 atom stereocenters. The molecule has 0 saturated heterocycles. The Morgan fingerprint density at radius 3 is 2.00 bits per heavy atom. The fourth-order valence-corrected chi connectivity index (χ4v) is 3.98. The highest BCUT2D eigenvalue weighted by Gasteiger charge is 2.36. The van der Waals surface area contributed by atoms with Gasteiger partial charge >= 0.3 is 0 Å². The van der Waals surface area contributed by atoms with Gasteiger partial charge in [-0.2, -0.15) is 0 Å². The van der Waals surface area contributed by atoms with Gasteiger partial charge in [-0.1, -0.05) is 91.0 Å². The molecule has 29 heavy (non-hydrogen) atoms. The molecule has 3 aromatic rings. The lowest BCUT2D eigenvalue weighted by atomic mass is 9.94. The largest absolute Gasteiger partial charge is 0.394 e. The molecule has 0 saturated carbocycles. The van der Waals surface area contributed by atoms with Crippen molar-refractivity contribution in [2.45, 2.75) is 24.5 Å². The number of hydrogen-bond acceptors (Lipinski definition) is 4.